The van der Waals surface area contributed by atoms with Crippen LogP contribution >= 0.6 is 0 Å². The van der Waals surface area contributed by atoms with Crippen LogP contribution in [0.2, 0.25) is 0 Å². The van der Waals surface area contributed by atoms with Crippen molar-refractivity contribution in [3.63, 3.8) is 0 Å². The number of ether oxygens (including phenoxy) is 1. The molecule has 2 aromatic rings. The molecule has 0 unspecified atom stereocenters. The minimum absolute atomic E-state index is 0.113. The fourth-order valence-electron chi connectivity index (χ4n) is 2.36. The molecule has 0 bridgehead atoms. The van der Waals surface area contributed by atoms with E-state index in [2.05, 4.69) is 9.55 Å². The number of methoxy groups -OCH3 is 1. The summed E-state index contributed by atoms with van der Waals surface area (Å²) in [4.78, 5) is 15.6. The van der Waals surface area contributed by atoms with Crippen LogP contribution in [0.15, 0.2) is 18.2 Å². The first-order chi connectivity index (χ1) is 10.2. The predicted molar refractivity (Wildman–Crippen MR) is 78.6 cm³/mol. The highest BCUT2D eigenvalue weighted by Gasteiger charge is 2.12. The first kappa shape index (κ1) is 15.5. The molecule has 0 radical (unpaired) electrons. The Morgan fingerprint density at radius 1 is 1.38 bits per heavy atom. The van der Waals surface area contributed by atoms with E-state index in [0.29, 0.717) is 25.0 Å². The van der Waals surface area contributed by atoms with Crippen LogP contribution in [-0.2, 0) is 17.7 Å². The van der Waals surface area contributed by atoms with Gasteiger partial charge >= 0.3 is 5.97 Å². The van der Waals surface area contributed by atoms with Gasteiger partial charge in [-0.15, -0.1) is 0 Å². The molecule has 0 atom stereocenters. The summed E-state index contributed by atoms with van der Waals surface area (Å²) in [7, 11) is 1.66. The van der Waals surface area contributed by atoms with E-state index in [4.69, 9.17) is 14.9 Å². The topological polar surface area (TPSA) is 84.6 Å². The summed E-state index contributed by atoms with van der Waals surface area (Å²) in [5.74, 6) is -0.0829. The van der Waals surface area contributed by atoms with Gasteiger partial charge in [-0.3, -0.25) is 0 Å². The molecule has 2 N–H and O–H groups in total. The molecule has 21 heavy (non-hydrogen) atoms. The van der Waals surface area contributed by atoms with Gasteiger partial charge in [0.05, 0.1) is 16.6 Å². The summed E-state index contributed by atoms with van der Waals surface area (Å²) in [5, 5.41) is 18.0. The van der Waals surface area contributed by atoms with Crippen LogP contribution in [-0.4, -0.2) is 46.1 Å². The minimum atomic E-state index is -0.956. The molecule has 1 aromatic heterocycles. The number of carboxylic acids is 1. The molecular weight excluding hydrogens is 272 g/mol. The molecule has 0 aliphatic heterocycles. The van der Waals surface area contributed by atoms with E-state index >= 15 is 0 Å². The first-order valence-corrected chi connectivity index (χ1v) is 6.99. The zero-order valence-corrected chi connectivity index (χ0v) is 12.1. The Bertz CT molecular complexity index is 621. The number of aliphatic hydroxyl groups excluding tert-OH is 1. The van der Waals surface area contributed by atoms with Crippen LogP contribution in [0, 0.1) is 0 Å². The highest BCUT2D eigenvalue weighted by molar-refractivity contribution is 5.92. The third-order valence-electron chi connectivity index (χ3n) is 3.36. The van der Waals surface area contributed by atoms with Gasteiger partial charge in [-0.05, 0) is 31.0 Å². The van der Waals surface area contributed by atoms with Gasteiger partial charge < -0.3 is 19.5 Å². The van der Waals surface area contributed by atoms with E-state index in [-0.39, 0.29) is 12.2 Å². The molecule has 0 aliphatic carbocycles. The van der Waals surface area contributed by atoms with E-state index in [0.717, 1.165) is 24.3 Å². The van der Waals surface area contributed by atoms with Crippen LogP contribution in [0.1, 0.15) is 29.0 Å². The van der Waals surface area contributed by atoms with E-state index in [1.54, 1.807) is 25.3 Å². The van der Waals surface area contributed by atoms with Gasteiger partial charge in [-0.25, -0.2) is 9.78 Å². The van der Waals surface area contributed by atoms with Gasteiger partial charge in [0.15, 0.2) is 0 Å². The Balaban J connectivity index is 2.37. The maximum Gasteiger partial charge on any atom is 0.335 e. The van der Waals surface area contributed by atoms with E-state index in [1.807, 2.05) is 0 Å². The predicted octanol–water partition coefficient (Wildman–Crippen LogP) is 1.70. The molecule has 2 rings (SSSR count). The molecule has 0 spiro atoms. The molecule has 6 heteroatoms. The zero-order valence-electron chi connectivity index (χ0n) is 12.1. The number of benzene rings is 1. The van der Waals surface area contributed by atoms with Crippen molar-refractivity contribution in [2.24, 2.45) is 0 Å². The Kier molecular flexibility index (Phi) is 5.30. The second kappa shape index (κ2) is 7.19. The summed E-state index contributed by atoms with van der Waals surface area (Å²) >= 11 is 0. The second-order valence-corrected chi connectivity index (χ2v) is 4.86. The number of nitrogens with zero attached hydrogens (tertiary/aromatic N) is 2. The molecule has 1 aromatic carbocycles. The number of carbonyl (C=O) groups is 1. The lowest BCUT2D eigenvalue weighted by molar-refractivity contribution is 0.0697. The van der Waals surface area contributed by atoms with E-state index < -0.39 is 5.97 Å². The van der Waals surface area contributed by atoms with Gasteiger partial charge in [-0.2, -0.15) is 0 Å². The summed E-state index contributed by atoms with van der Waals surface area (Å²) in [6.07, 6.45) is 2.16. The monoisotopic (exact) mass is 292 g/mol. The average Bonchev–Trinajstić information content (AvgIpc) is 2.82. The largest absolute Gasteiger partial charge is 0.478 e. The maximum absolute atomic E-state index is 11.0. The molecular formula is C15H20N2O4. The lowest BCUT2D eigenvalue weighted by Crippen LogP contribution is -2.07. The molecule has 1 heterocycles. The number of imidazole rings is 1. The van der Waals surface area contributed by atoms with Crippen LogP contribution in [0.3, 0.4) is 0 Å². The smallest absolute Gasteiger partial charge is 0.335 e. The molecule has 0 saturated carbocycles. The van der Waals surface area contributed by atoms with E-state index in [9.17, 15) is 4.79 Å². The van der Waals surface area contributed by atoms with Gasteiger partial charge in [0.2, 0.25) is 0 Å². The Morgan fingerprint density at radius 2 is 2.19 bits per heavy atom. The highest BCUT2D eigenvalue weighted by atomic mass is 16.5. The number of carboxylic acid groups (broad SMARTS) is 1. The molecule has 6 nitrogen and oxygen atoms in total. The molecule has 0 saturated heterocycles. The third kappa shape index (κ3) is 3.59. The quantitative estimate of drug-likeness (QED) is 0.723. The summed E-state index contributed by atoms with van der Waals surface area (Å²) in [5.41, 5.74) is 1.84. The highest BCUT2D eigenvalue weighted by Crippen LogP contribution is 2.19. The van der Waals surface area contributed by atoms with E-state index in [1.165, 1.54) is 0 Å². The van der Waals surface area contributed by atoms with Crippen LogP contribution in [0.25, 0.3) is 11.0 Å². The normalized spacial score (nSPS) is 11.1. The average molecular weight is 292 g/mol. The van der Waals surface area contributed by atoms with Crippen molar-refractivity contribution in [1.82, 2.24) is 9.55 Å². The SMILES string of the molecule is COCCCn1c(CCCO)nc2cc(C(=O)O)ccc21. The first-order valence-electron chi connectivity index (χ1n) is 6.99. The van der Waals surface area contributed by atoms with Crippen LogP contribution in [0.5, 0.6) is 0 Å². The zero-order chi connectivity index (χ0) is 15.2. The standard InChI is InChI=1S/C15H20N2O4/c1-21-9-3-7-17-13-6-5-11(15(19)20)10-12(13)16-14(17)4-2-8-18/h5-6,10,18H,2-4,7-9H2,1H3,(H,19,20). The maximum atomic E-state index is 11.0. The lowest BCUT2D eigenvalue weighted by Gasteiger charge is -2.08. The van der Waals surface area contributed by atoms with Crippen molar-refractivity contribution in [2.75, 3.05) is 20.3 Å². The summed E-state index contributed by atoms with van der Waals surface area (Å²) < 4.78 is 7.15. The number of hydrogen-bond acceptors (Lipinski definition) is 4. The van der Waals surface area contributed by atoms with Crippen molar-refractivity contribution in [3.8, 4) is 0 Å². The van der Waals surface area contributed by atoms with Crippen LogP contribution in [0.4, 0.5) is 0 Å². The molecule has 0 aliphatic rings. The third-order valence-corrected chi connectivity index (χ3v) is 3.36. The Hall–Kier alpha value is -1.92. The van der Waals surface area contributed by atoms with Crippen molar-refractivity contribution < 1.29 is 19.7 Å². The fourth-order valence-corrected chi connectivity index (χ4v) is 2.36. The minimum Gasteiger partial charge on any atom is -0.478 e. The number of aryl methyl sites for hydroxylation is 2. The van der Waals surface area contributed by atoms with Gasteiger partial charge in [0, 0.05) is 33.3 Å². The number of hydrogen-bond donors (Lipinski definition) is 2. The number of aromatic carboxylic acids is 1. The number of fused-ring (bicyclic) bond motifs is 1. The van der Waals surface area contributed by atoms with Crippen LogP contribution < -0.4 is 0 Å². The molecule has 0 fully saturated rings. The van der Waals surface area contributed by atoms with Gasteiger partial charge in [0.1, 0.15) is 5.82 Å². The van der Waals surface area contributed by atoms with Crippen molar-refractivity contribution in [2.45, 2.75) is 25.8 Å². The summed E-state index contributed by atoms with van der Waals surface area (Å²) in [6.45, 7) is 1.53. The van der Waals surface area contributed by atoms with Crippen molar-refractivity contribution in [3.05, 3.63) is 29.6 Å². The van der Waals surface area contributed by atoms with Gasteiger partial charge in [-0.1, -0.05) is 0 Å². The summed E-state index contributed by atoms with van der Waals surface area (Å²) in [6, 6.07) is 4.98. The van der Waals surface area contributed by atoms with Crippen molar-refractivity contribution in [1.29, 1.82) is 0 Å². The molecule has 0 amide bonds. The second-order valence-electron chi connectivity index (χ2n) is 4.86. The fraction of sp³-hybridized carbons (Fsp3) is 0.467. The van der Waals surface area contributed by atoms with Gasteiger partial charge in [0.25, 0.3) is 0 Å². The number of aromatic nitrogens is 2. The molecule has 114 valence electrons. The van der Waals surface area contributed by atoms with Crippen molar-refractivity contribution >= 4 is 17.0 Å². The Morgan fingerprint density at radius 3 is 2.86 bits per heavy atom. The lowest BCUT2D eigenvalue weighted by atomic mass is 10.2. The number of aliphatic hydroxyl groups is 1. The Labute approximate surface area is 123 Å². The number of rotatable bonds is 8.